The van der Waals surface area contributed by atoms with Crippen molar-refractivity contribution in [3.05, 3.63) is 29.3 Å². The smallest absolute Gasteiger partial charge is 0.320 e. The van der Waals surface area contributed by atoms with Gasteiger partial charge in [0.15, 0.2) is 17.0 Å². The lowest BCUT2D eigenvalue weighted by Crippen LogP contribution is -2.37. The number of nitrogen functional groups attached to an aromatic ring is 1. The van der Waals surface area contributed by atoms with Gasteiger partial charge in [-0.3, -0.25) is 9.47 Å². The number of aromatic nitrogens is 4. The van der Waals surface area contributed by atoms with Gasteiger partial charge in [0.2, 0.25) is 0 Å². The molecule has 0 spiro atoms. The molecule has 4 rings (SSSR count). The highest BCUT2D eigenvalue weighted by atomic mass is 16.5. The van der Waals surface area contributed by atoms with Crippen LogP contribution in [-0.2, 0) is 19.7 Å². The number of hydrogen-bond donors (Lipinski definition) is 2. The first-order valence-electron chi connectivity index (χ1n) is 12.8. The van der Waals surface area contributed by atoms with Crippen LogP contribution in [0.4, 0.5) is 11.5 Å². The van der Waals surface area contributed by atoms with Crippen molar-refractivity contribution >= 4 is 22.7 Å². The van der Waals surface area contributed by atoms with Crippen molar-refractivity contribution < 1.29 is 14.6 Å². The van der Waals surface area contributed by atoms with Gasteiger partial charge in [-0.1, -0.05) is 25.5 Å². The van der Waals surface area contributed by atoms with Crippen LogP contribution in [-0.4, -0.2) is 70.4 Å². The van der Waals surface area contributed by atoms with Gasteiger partial charge in [-0.25, -0.2) is 0 Å². The summed E-state index contributed by atoms with van der Waals surface area (Å²) in [7, 11) is 5.71. The molecular weight excluding hydrogens is 458 g/mol. The van der Waals surface area contributed by atoms with E-state index in [0.29, 0.717) is 35.5 Å². The fraction of sp³-hybridized carbons (Fsp3) is 0.577. The Balaban J connectivity index is 1.53. The highest BCUT2D eigenvalue weighted by molar-refractivity contribution is 5.83. The number of anilines is 2. The van der Waals surface area contributed by atoms with Gasteiger partial charge in [-0.15, -0.1) is 0 Å². The highest BCUT2D eigenvalue weighted by Gasteiger charge is 2.25. The number of nitrogens with two attached hydrogens (primary N) is 1. The van der Waals surface area contributed by atoms with Gasteiger partial charge in [0.25, 0.3) is 6.01 Å². The molecule has 3 N–H and O–H groups in total. The Kier molecular flexibility index (Phi) is 8.48. The summed E-state index contributed by atoms with van der Waals surface area (Å²) in [6.45, 7) is 6.31. The number of imidazole rings is 1. The Morgan fingerprint density at radius 1 is 1.22 bits per heavy atom. The van der Waals surface area contributed by atoms with Crippen molar-refractivity contribution in [2.45, 2.75) is 52.3 Å². The van der Waals surface area contributed by atoms with Crippen molar-refractivity contribution in [2.24, 2.45) is 5.92 Å². The summed E-state index contributed by atoms with van der Waals surface area (Å²) in [5, 5.41) is 9.55. The minimum Gasteiger partial charge on any atom is -0.468 e. The number of unbranched alkanes of at least 4 members (excludes halogenated alkanes) is 1. The number of ether oxygens (including phenoxy) is 2. The zero-order chi connectivity index (χ0) is 25.7. The molecule has 0 aliphatic carbocycles. The molecule has 3 aromatic rings. The number of piperidine rings is 1. The second-order valence-electron chi connectivity index (χ2n) is 9.73. The number of aliphatic hydroxyl groups is 1. The molecule has 1 fully saturated rings. The van der Waals surface area contributed by atoms with Gasteiger partial charge in [0.05, 0.1) is 20.3 Å². The molecule has 1 atom stereocenters. The molecule has 0 amide bonds. The SMILES string of the molecule is CCCCOc1nc(N)c2nc(OC)n(CC3CCCN(Cc4ccc(CO)cc4N(C)C)C3)c2n1. The van der Waals surface area contributed by atoms with Crippen LogP contribution in [0, 0.1) is 5.92 Å². The lowest BCUT2D eigenvalue weighted by Gasteiger charge is -2.34. The lowest BCUT2D eigenvalue weighted by atomic mass is 9.97. The molecule has 0 radical (unpaired) electrons. The summed E-state index contributed by atoms with van der Waals surface area (Å²) in [5.41, 5.74) is 10.7. The minimum absolute atomic E-state index is 0.0486. The third kappa shape index (κ3) is 5.82. The van der Waals surface area contributed by atoms with E-state index in [9.17, 15) is 5.11 Å². The molecule has 1 aliphatic heterocycles. The molecule has 1 unspecified atom stereocenters. The van der Waals surface area contributed by atoms with Gasteiger partial charge in [-0.2, -0.15) is 15.0 Å². The van der Waals surface area contributed by atoms with Gasteiger partial charge in [0.1, 0.15) is 0 Å². The zero-order valence-corrected chi connectivity index (χ0v) is 21.9. The number of nitrogens with zero attached hydrogens (tertiary/aromatic N) is 6. The fourth-order valence-corrected chi connectivity index (χ4v) is 4.87. The van der Waals surface area contributed by atoms with E-state index in [-0.39, 0.29) is 12.6 Å². The van der Waals surface area contributed by atoms with Crippen molar-refractivity contribution in [2.75, 3.05) is 51.5 Å². The maximum Gasteiger partial charge on any atom is 0.320 e. The second-order valence-corrected chi connectivity index (χ2v) is 9.73. The molecule has 2 aromatic heterocycles. The number of rotatable bonds is 11. The van der Waals surface area contributed by atoms with E-state index in [4.69, 9.17) is 15.2 Å². The summed E-state index contributed by atoms with van der Waals surface area (Å²) in [6, 6.07) is 6.99. The molecule has 10 heteroatoms. The Bertz CT molecular complexity index is 1160. The molecule has 0 bridgehead atoms. The Morgan fingerprint density at radius 2 is 2.06 bits per heavy atom. The van der Waals surface area contributed by atoms with Crippen LogP contribution < -0.4 is 20.1 Å². The molecule has 10 nitrogen and oxygen atoms in total. The van der Waals surface area contributed by atoms with Gasteiger partial charge < -0.3 is 25.2 Å². The van der Waals surface area contributed by atoms with Crippen molar-refractivity contribution in [3.63, 3.8) is 0 Å². The largest absolute Gasteiger partial charge is 0.468 e. The van der Waals surface area contributed by atoms with E-state index in [1.807, 2.05) is 24.7 Å². The average molecular weight is 498 g/mol. The molecule has 196 valence electrons. The normalized spacial score (nSPS) is 16.4. The molecular formula is C26H39N7O3. The van der Waals surface area contributed by atoms with Gasteiger partial charge >= 0.3 is 6.01 Å². The van der Waals surface area contributed by atoms with E-state index >= 15 is 0 Å². The van der Waals surface area contributed by atoms with Crippen LogP contribution in [0.1, 0.15) is 43.7 Å². The van der Waals surface area contributed by atoms with Crippen LogP contribution >= 0.6 is 0 Å². The van der Waals surface area contributed by atoms with Crippen LogP contribution in [0.25, 0.3) is 11.2 Å². The minimum atomic E-state index is 0.0486. The zero-order valence-electron chi connectivity index (χ0n) is 21.9. The van der Waals surface area contributed by atoms with E-state index in [1.54, 1.807) is 7.11 Å². The first-order chi connectivity index (χ1) is 17.4. The van der Waals surface area contributed by atoms with Crippen LogP contribution in [0.2, 0.25) is 0 Å². The molecule has 1 aliphatic rings. The van der Waals surface area contributed by atoms with E-state index in [2.05, 4.69) is 43.8 Å². The Labute approximate surface area is 213 Å². The Morgan fingerprint density at radius 3 is 2.78 bits per heavy atom. The van der Waals surface area contributed by atoms with Crippen LogP contribution in [0.15, 0.2) is 18.2 Å². The molecule has 1 saturated heterocycles. The fourth-order valence-electron chi connectivity index (χ4n) is 4.87. The summed E-state index contributed by atoms with van der Waals surface area (Å²) in [5.74, 6) is 0.710. The number of hydrogen-bond acceptors (Lipinski definition) is 9. The predicted octanol–water partition coefficient (Wildman–Crippen LogP) is 3.07. The van der Waals surface area contributed by atoms with Gasteiger partial charge in [-0.05, 0) is 48.9 Å². The topological polar surface area (TPSA) is 115 Å². The summed E-state index contributed by atoms with van der Waals surface area (Å²) in [4.78, 5) is 18.1. The van der Waals surface area contributed by atoms with E-state index in [0.717, 1.165) is 63.1 Å². The summed E-state index contributed by atoms with van der Waals surface area (Å²) < 4.78 is 13.4. The second kappa shape index (κ2) is 11.7. The van der Waals surface area contributed by atoms with Crippen LogP contribution in [0.3, 0.4) is 0 Å². The van der Waals surface area contributed by atoms with Crippen LogP contribution in [0.5, 0.6) is 12.0 Å². The number of methoxy groups -OCH3 is 1. The number of aliphatic hydroxyl groups excluding tert-OH is 1. The van der Waals surface area contributed by atoms with Crippen molar-refractivity contribution in [1.82, 2.24) is 24.4 Å². The number of benzene rings is 1. The maximum atomic E-state index is 9.55. The maximum absolute atomic E-state index is 9.55. The molecule has 1 aromatic carbocycles. The predicted molar refractivity (Wildman–Crippen MR) is 141 cm³/mol. The first kappa shape index (κ1) is 26.0. The van der Waals surface area contributed by atoms with E-state index < -0.39 is 0 Å². The van der Waals surface area contributed by atoms with Crippen molar-refractivity contribution in [1.29, 1.82) is 0 Å². The third-order valence-corrected chi connectivity index (χ3v) is 6.73. The lowest BCUT2D eigenvalue weighted by molar-refractivity contribution is 0.154. The standard InChI is InChI=1S/C26H39N7O3/c1-5-6-12-36-25-29-23(27)22-24(30-25)33(26(28-22)35-4)15-19-8-7-11-32(14-19)16-20-10-9-18(17-34)13-21(20)31(2)3/h9-10,13,19,34H,5-8,11-12,14-17H2,1-4H3,(H2,27,29,30). The summed E-state index contributed by atoms with van der Waals surface area (Å²) >= 11 is 0. The van der Waals surface area contributed by atoms with Crippen molar-refractivity contribution in [3.8, 4) is 12.0 Å². The monoisotopic (exact) mass is 497 g/mol. The number of likely N-dealkylation sites (tertiary alicyclic amines) is 1. The van der Waals surface area contributed by atoms with E-state index in [1.165, 1.54) is 5.56 Å². The molecule has 36 heavy (non-hydrogen) atoms. The molecule has 0 saturated carbocycles. The average Bonchev–Trinajstić information content (AvgIpc) is 3.22. The van der Waals surface area contributed by atoms with Gasteiger partial charge in [0, 0.05) is 39.4 Å². The quantitative estimate of drug-likeness (QED) is 0.386. The first-order valence-corrected chi connectivity index (χ1v) is 12.8. The number of fused-ring (bicyclic) bond motifs is 1. The Hall–Kier alpha value is -3.11. The third-order valence-electron chi connectivity index (χ3n) is 6.73. The highest BCUT2D eigenvalue weighted by Crippen LogP contribution is 2.30. The summed E-state index contributed by atoms with van der Waals surface area (Å²) in [6.07, 6.45) is 4.20. The molecule has 3 heterocycles.